The Labute approximate surface area is 383 Å². The summed E-state index contributed by atoms with van der Waals surface area (Å²) in [4.78, 5) is 5.15. The summed E-state index contributed by atoms with van der Waals surface area (Å²) in [7, 11) is 0. The first kappa shape index (κ1) is 41.2. The predicted molar refractivity (Wildman–Crippen MR) is 274 cm³/mol. The van der Waals surface area contributed by atoms with Gasteiger partial charge >= 0.3 is 0 Å². The maximum atomic E-state index is 7.28. The van der Waals surface area contributed by atoms with Crippen molar-refractivity contribution in [3.63, 3.8) is 0 Å². The van der Waals surface area contributed by atoms with E-state index in [-0.39, 0.29) is 33.8 Å². The smallest absolute Gasteiger partial charge is 0.257 e. The molecule has 0 amide bonds. The van der Waals surface area contributed by atoms with E-state index >= 15 is 0 Å². The van der Waals surface area contributed by atoms with E-state index in [1.54, 1.807) is 0 Å². The van der Waals surface area contributed by atoms with Crippen LogP contribution < -0.4 is 26.2 Å². The Morgan fingerprint density at radius 2 is 1.05 bits per heavy atom. The van der Waals surface area contributed by atoms with Gasteiger partial charge in [-0.1, -0.05) is 137 Å². The average Bonchev–Trinajstić information content (AvgIpc) is 3.62. The zero-order valence-corrected chi connectivity index (χ0v) is 40.6. The summed E-state index contributed by atoms with van der Waals surface area (Å²) in [6.45, 7) is 31.3. The topological polar surface area (TPSA) is 19.6 Å². The normalized spacial score (nSPS) is 18.5. The van der Waals surface area contributed by atoms with Crippen LogP contribution in [-0.2, 0) is 27.1 Å². The lowest BCUT2D eigenvalue weighted by atomic mass is 9.33. The van der Waals surface area contributed by atoms with Crippen molar-refractivity contribution in [3.8, 4) is 11.1 Å². The fraction of sp³-hybridized carbons (Fsp3) is 0.367. The first-order chi connectivity index (χ1) is 30.1. The second kappa shape index (κ2) is 13.5. The van der Waals surface area contributed by atoms with Crippen LogP contribution in [0.25, 0.3) is 22.1 Å². The molecule has 4 aliphatic rings. The molecule has 0 atom stereocenters. The second-order valence-corrected chi connectivity index (χ2v) is 23.7. The maximum absolute atomic E-state index is 7.28. The van der Waals surface area contributed by atoms with Crippen LogP contribution >= 0.6 is 0 Å². The minimum Gasteiger partial charge on any atom is -0.440 e. The quantitative estimate of drug-likeness (QED) is 0.165. The Bertz CT molecular complexity index is 3060. The molecular formula is C60H65BN2O. The number of fused-ring (bicyclic) bond motifs is 8. The molecule has 0 unspecified atom stereocenters. The summed E-state index contributed by atoms with van der Waals surface area (Å²) in [5, 5.41) is 1.21. The van der Waals surface area contributed by atoms with Crippen LogP contribution in [0.4, 0.5) is 34.3 Å². The van der Waals surface area contributed by atoms with Crippen LogP contribution in [-0.4, -0.2) is 6.71 Å². The SMILES string of the molecule is Cc1cc2c3c(c1)N(c1ccc(-c4ccccc4)cc1)c1oc4ccc(C(C)(C)C)cc4c1B3c1cc3c(cc1N2c1cc2c(cc1C)C(C)(C)CCC2(C)C)C(C)(C)CCC3(C)C. The van der Waals surface area contributed by atoms with Crippen molar-refractivity contribution >= 4 is 68.4 Å². The lowest BCUT2D eigenvalue weighted by molar-refractivity contribution is 0.331. The van der Waals surface area contributed by atoms with E-state index in [1.807, 2.05) is 0 Å². The molecule has 0 radical (unpaired) electrons. The van der Waals surface area contributed by atoms with E-state index in [9.17, 15) is 0 Å². The Balaban J connectivity index is 1.26. The van der Waals surface area contributed by atoms with Crippen molar-refractivity contribution in [2.75, 3.05) is 9.80 Å². The molecular weight excluding hydrogens is 775 g/mol. The molecule has 0 bridgehead atoms. The Hall–Kier alpha value is -5.48. The molecule has 4 heteroatoms. The van der Waals surface area contributed by atoms with Crippen molar-refractivity contribution in [1.82, 2.24) is 0 Å². The van der Waals surface area contributed by atoms with Gasteiger partial charge in [0, 0.05) is 39.3 Å². The lowest BCUT2D eigenvalue weighted by Gasteiger charge is -2.47. The van der Waals surface area contributed by atoms with Crippen molar-refractivity contribution in [2.24, 2.45) is 0 Å². The zero-order valence-electron chi connectivity index (χ0n) is 40.6. The van der Waals surface area contributed by atoms with Gasteiger partial charge in [-0.2, -0.15) is 0 Å². The second-order valence-electron chi connectivity index (χ2n) is 23.7. The van der Waals surface area contributed by atoms with Crippen LogP contribution in [0, 0.1) is 13.8 Å². The standard InChI is InChI=1S/C60H65BN2O/c1-36-29-50-54-51(30-36)63(48-34-45-43(31-37(48)2)57(6,7)25-27-59(45,10)11)49-35-46-44(58(8,9)26-28-60(46,12)13)33-47(49)61(54)53-42-32-40(56(3,4)5)21-24-52(42)64-55(53)62(50)41-22-19-39(20-23-41)38-17-15-14-16-18-38/h14-24,29-35H,25-28H2,1-13H3. The number of anilines is 6. The number of hydrogen-bond acceptors (Lipinski definition) is 3. The van der Waals surface area contributed by atoms with Crippen LogP contribution in [0.3, 0.4) is 0 Å². The van der Waals surface area contributed by atoms with Gasteiger partial charge in [0.05, 0.1) is 0 Å². The first-order valence-corrected chi connectivity index (χ1v) is 24.0. The minimum atomic E-state index is -0.0393. The van der Waals surface area contributed by atoms with Crippen LogP contribution in [0.15, 0.2) is 114 Å². The highest BCUT2D eigenvalue weighted by molar-refractivity contribution is 7.01. The van der Waals surface area contributed by atoms with Crippen molar-refractivity contribution in [1.29, 1.82) is 0 Å². The summed E-state index contributed by atoms with van der Waals surface area (Å²) in [6, 6.07) is 42.2. The van der Waals surface area contributed by atoms with E-state index in [0.717, 1.165) is 23.6 Å². The molecule has 3 heterocycles. The number of nitrogens with zero attached hydrogens (tertiary/aromatic N) is 2. The highest BCUT2D eigenvalue weighted by Crippen LogP contribution is 2.54. The van der Waals surface area contributed by atoms with Gasteiger partial charge in [-0.05, 0) is 176 Å². The summed E-state index contributed by atoms with van der Waals surface area (Å²) in [5.41, 5.74) is 23.6. The van der Waals surface area contributed by atoms with E-state index in [4.69, 9.17) is 4.42 Å². The molecule has 0 saturated carbocycles. The van der Waals surface area contributed by atoms with Gasteiger partial charge in [-0.15, -0.1) is 0 Å². The van der Waals surface area contributed by atoms with Gasteiger partial charge in [0.1, 0.15) is 5.58 Å². The number of hydrogen-bond donors (Lipinski definition) is 0. The summed E-state index contributed by atoms with van der Waals surface area (Å²) < 4.78 is 7.28. The van der Waals surface area contributed by atoms with Crippen molar-refractivity contribution in [3.05, 3.63) is 148 Å². The first-order valence-electron chi connectivity index (χ1n) is 24.0. The van der Waals surface area contributed by atoms with Gasteiger partial charge in [0.2, 0.25) is 5.88 Å². The number of aryl methyl sites for hydroxylation is 2. The Morgan fingerprint density at radius 1 is 0.516 bits per heavy atom. The van der Waals surface area contributed by atoms with Crippen molar-refractivity contribution < 1.29 is 4.42 Å². The highest BCUT2D eigenvalue weighted by Gasteiger charge is 2.49. The van der Waals surface area contributed by atoms with E-state index in [0.29, 0.717) is 0 Å². The van der Waals surface area contributed by atoms with Crippen molar-refractivity contribution in [2.45, 2.75) is 143 Å². The largest absolute Gasteiger partial charge is 0.440 e. The zero-order chi connectivity index (χ0) is 45.0. The van der Waals surface area contributed by atoms with Gasteiger partial charge in [-0.3, -0.25) is 4.90 Å². The van der Waals surface area contributed by atoms with Crippen LogP contribution in [0.2, 0.25) is 0 Å². The van der Waals surface area contributed by atoms with Gasteiger partial charge in [-0.25, -0.2) is 0 Å². The lowest BCUT2D eigenvalue weighted by Crippen LogP contribution is -2.61. The molecule has 0 N–H and O–H groups in total. The monoisotopic (exact) mass is 841 g/mol. The van der Waals surface area contributed by atoms with Crippen LogP contribution in [0.1, 0.15) is 141 Å². The van der Waals surface area contributed by atoms with E-state index in [1.165, 1.54) is 114 Å². The Morgan fingerprint density at radius 3 is 1.64 bits per heavy atom. The third-order valence-electron chi connectivity index (χ3n) is 16.3. The summed E-state index contributed by atoms with van der Waals surface area (Å²) in [5.74, 6) is 0.924. The molecule has 1 aromatic heterocycles. The molecule has 2 aliphatic carbocycles. The minimum absolute atomic E-state index is 0.0254. The molecule has 324 valence electrons. The number of rotatable bonds is 3. The maximum Gasteiger partial charge on any atom is 0.257 e. The third-order valence-corrected chi connectivity index (χ3v) is 16.3. The molecule has 0 spiro atoms. The molecule has 0 fully saturated rings. The average molecular weight is 841 g/mol. The molecule has 3 nitrogen and oxygen atoms in total. The van der Waals surface area contributed by atoms with Gasteiger partial charge < -0.3 is 9.32 Å². The molecule has 6 aromatic carbocycles. The molecule has 11 rings (SSSR count). The number of benzene rings is 6. The molecule has 0 saturated heterocycles. The van der Waals surface area contributed by atoms with E-state index < -0.39 is 0 Å². The fourth-order valence-corrected chi connectivity index (χ4v) is 12.1. The Kier molecular flexibility index (Phi) is 8.72. The van der Waals surface area contributed by atoms with Gasteiger partial charge in [0.15, 0.2) is 0 Å². The molecule has 64 heavy (non-hydrogen) atoms. The van der Waals surface area contributed by atoms with Gasteiger partial charge in [0.25, 0.3) is 6.71 Å². The fourth-order valence-electron chi connectivity index (χ4n) is 12.1. The highest BCUT2D eigenvalue weighted by atomic mass is 16.4. The third kappa shape index (κ3) is 6.06. The number of furan rings is 1. The molecule has 2 aliphatic heterocycles. The van der Waals surface area contributed by atoms with E-state index in [2.05, 4.69) is 209 Å². The van der Waals surface area contributed by atoms with Crippen LogP contribution in [0.5, 0.6) is 0 Å². The summed E-state index contributed by atoms with van der Waals surface area (Å²) >= 11 is 0. The summed E-state index contributed by atoms with van der Waals surface area (Å²) in [6.07, 6.45) is 4.70. The predicted octanol–water partition coefficient (Wildman–Crippen LogP) is 14.8. The molecule has 7 aromatic rings.